The van der Waals surface area contributed by atoms with Gasteiger partial charge in [0.15, 0.2) is 0 Å². The lowest BCUT2D eigenvalue weighted by Crippen LogP contribution is -2.44. The van der Waals surface area contributed by atoms with E-state index >= 15 is 0 Å². The fourth-order valence-electron chi connectivity index (χ4n) is 5.35. The van der Waals surface area contributed by atoms with Crippen LogP contribution in [0.1, 0.15) is 41.4 Å². The number of carbonyl (C=O) groups is 1. The van der Waals surface area contributed by atoms with Crippen molar-refractivity contribution in [2.24, 2.45) is 0 Å². The second kappa shape index (κ2) is 10.3. The molecule has 2 aliphatic rings. The molecule has 0 radical (unpaired) electrons. The molecule has 36 heavy (non-hydrogen) atoms. The molecule has 4 heterocycles. The van der Waals surface area contributed by atoms with Crippen LogP contribution in [0.4, 0.5) is 18.9 Å². The van der Waals surface area contributed by atoms with Gasteiger partial charge in [-0.25, -0.2) is 18.2 Å². The van der Waals surface area contributed by atoms with Crippen LogP contribution < -0.4 is 15.8 Å². The third kappa shape index (κ3) is 5.09. The number of aromatic amines is 1. The minimum atomic E-state index is -2.60. The summed E-state index contributed by atoms with van der Waals surface area (Å²) in [4.78, 5) is 36.1. The number of rotatable bonds is 6. The number of likely N-dealkylation sites (tertiary alicyclic amines) is 1. The third-order valence-electron chi connectivity index (χ3n) is 7.24. The number of fused-ring (bicyclic) bond motifs is 1. The Hall–Kier alpha value is -3.40. The van der Waals surface area contributed by atoms with Crippen LogP contribution in [-0.2, 0) is 0 Å². The van der Waals surface area contributed by atoms with E-state index in [0.717, 1.165) is 56.8 Å². The second-order valence-corrected chi connectivity index (χ2v) is 9.46. The molecule has 1 atom stereocenters. The molecule has 10 heteroatoms. The number of alkyl halides is 2. The van der Waals surface area contributed by atoms with Crippen molar-refractivity contribution in [2.75, 3.05) is 37.6 Å². The molecular weight excluding hydrogens is 471 g/mol. The Labute approximate surface area is 206 Å². The van der Waals surface area contributed by atoms with Gasteiger partial charge in [0, 0.05) is 37.3 Å². The van der Waals surface area contributed by atoms with Crippen LogP contribution in [0.5, 0.6) is 0 Å². The Morgan fingerprint density at radius 1 is 1.14 bits per heavy atom. The van der Waals surface area contributed by atoms with Crippen LogP contribution in [0.25, 0.3) is 10.8 Å². The van der Waals surface area contributed by atoms with Gasteiger partial charge in [-0.1, -0.05) is 12.1 Å². The van der Waals surface area contributed by atoms with Gasteiger partial charge in [0.2, 0.25) is 0 Å². The van der Waals surface area contributed by atoms with Crippen molar-refractivity contribution in [1.29, 1.82) is 0 Å². The first-order valence-electron chi connectivity index (χ1n) is 12.2. The van der Waals surface area contributed by atoms with Gasteiger partial charge in [0.25, 0.3) is 17.9 Å². The van der Waals surface area contributed by atoms with E-state index in [9.17, 15) is 22.8 Å². The number of pyridine rings is 2. The maximum atomic E-state index is 14.0. The van der Waals surface area contributed by atoms with Crippen LogP contribution in [0, 0.1) is 5.82 Å². The lowest BCUT2D eigenvalue weighted by atomic mass is 10.0. The molecule has 2 aliphatic heterocycles. The Kier molecular flexibility index (Phi) is 6.95. The van der Waals surface area contributed by atoms with Gasteiger partial charge in [0.1, 0.15) is 11.5 Å². The third-order valence-corrected chi connectivity index (χ3v) is 7.24. The topological polar surface area (TPSA) is 81.3 Å². The molecule has 0 aliphatic carbocycles. The van der Waals surface area contributed by atoms with Crippen molar-refractivity contribution in [3.05, 3.63) is 70.2 Å². The summed E-state index contributed by atoms with van der Waals surface area (Å²) < 4.78 is 38.6. The highest BCUT2D eigenvalue weighted by atomic mass is 19.3. The van der Waals surface area contributed by atoms with Gasteiger partial charge >= 0.3 is 0 Å². The maximum absolute atomic E-state index is 14.0. The molecule has 3 aromatic rings. The maximum Gasteiger partial charge on any atom is 0.270 e. The molecule has 1 aromatic carbocycles. The van der Waals surface area contributed by atoms with Gasteiger partial charge in [-0.3, -0.25) is 14.5 Å². The molecule has 2 saturated heterocycles. The van der Waals surface area contributed by atoms with E-state index in [0.29, 0.717) is 11.4 Å². The zero-order chi connectivity index (χ0) is 25.2. The predicted molar refractivity (Wildman–Crippen MR) is 131 cm³/mol. The fraction of sp³-hybridized carbons (Fsp3) is 0.423. The van der Waals surface area contributed by atoms with Crippen LogP contribution in [0.15, 0.2) is 47.4 Å². The number of anilines is 1. The van der Waals surface area contributed by atoms with Gasteiger partial charge < -0.3 is 15.2 Å². The molecule has 7 nitrogen and oxygen atoms in total. The quantitative estimate of drug-likeness (QED) is 0.543. The van der Waals surface area contributed by atoms with E-state index in [1.165, 1.54) is 6.07 Å². The molecule has 5 rings (SSSR count). The van der Waals surface area contributed by atoms with Crippen LogP contribution in [-0.4, -0.2) is 66.0 Å². The smallest absolute Gasteiger partial charge is 0.270 e. The van der Waals surface area contributed by atoms with E-state index in [-0.39, 0.29) is 22.6 Å². The van der Waals surface area contributed by atoms with Gasteiger partial charge in [-0.2, -0.15) is 0 Å². The highest BCUT2D eigenvalue weighted by Gasteiger charge is 2.32. The van der Waals surface area contributed by atoms with E-state index in [1.807, 2.05) is 6.07 Å². The number of hydrogen-bond donors (Lipinski definition) is 2. The number of H-pyrrole nitrogens is 1. The largest absolute Gasteiger partial charge is 0.370 e. The zero-order valence-electron chi connectivity index (χ0n) is 19.7. The van der Waals surface area contributed by atoms with E-state index < -0.39 is 24.7 Å². The number of nitrogens with zero attached hydrogens (tertiary/aromatic N) is 3. The van der Waals surface area contributed by atoms with Crippen molar-refractivity contribution in [1.82, 2.24) is 20.2 Å². The summed E-state index contributed by atoms with van der Waals surface area (Å²) in [5.74, 6) is -0.904. The number of aromatic nitrogens is 2. The zero-order valence-corrected chi connectivity index (χ0v) is 19.7. The number of carbonyl (C=O) groups excluding carboxylic acids is 1. The summed E-state index contributed by atoms with van der Waals surface area (Å²) in [7, 11) is 0. The SMILES string of the molecule is O=C(NCC(F)F)c1ccc(N2CCC(N3CCC(c4cc5cccc(F)c5c(=O)[nH]4)C3)CC2)cn1. The van der Waals surface area contributed by atoms with E-state index in [4.69, 9.17) is 0 Å². The molecule has 0 saturated carbocycles. The first-order chi connectivity index (χ1) is 17.4. The standard InChI is InChI=1S/C26H28F3N5O2/c27-20-3-1-2-16-12-22(32-26(36)24(16)20)17-6-9-34(15-17)18-7-10-33(11-8-18)19-4-5-21(30-13-19)25(35)31-14-23(28)29/h1-5,12-13,17-18,23H,6-11,14-15H2,(H,31,35)(H,32,36). The molecular formula is C26H28F3N5O2. The first-order valence-corrected chi connectivity index (χ1v) is 12.2. The van der Waals surface area contributed by atoms with Gasteiger partial charge in [0.05, 0.1) is 23.8 Å². The number of hydrogen-bond acceptors (Lipinski definition) is 5. The first kappa shape index (κ1) is 24.3. The Balaban J connectivity index is 1.17. The second-order valence-electron chi connectivity index (χ2n) is 9.46. The van der Waals surface area contributed by atoms with Crippen LogP contribution in [0.3, 0.4) is 0 Å². The van der Waals surface area contributed by atoms with Crippen molar-refractivity contribution >= 4 is 22.4 Å². The average Bonchev–Trinajstić information content (AvgIpc) is 3.38. The summed E-state index contributed by atoms with van der Waals surface area (Å²) in [5, 5.41) is 2.90. The van der Waals surface area contributed by atoms with Crippen molar-refractivity contribution in [2.45, 2.75) is 37.6 Å². The highest BCUT2D eigenvalue weighted by molar-refractivity contribution is 5.92. The minimum Gasteiger partial charge on any atom is -0.370 e. The molecule has 2 fully saturated rings. The number of piperidine rings is 1. The number of nitrogens with one attached hydrogen (secondary N) is 2. The average molecular weight is 500 g/mol. The summed E-state index contributed by atoms with van der Waals surface area (Å²) >= 11 is 0. The van der Waals surface area contributed by atoms with Gasteiger partial charge in [-0.05, 0) is 55.5 Å². The fourth-order valence-corrected chi connectivity index (χ4v) is 5.35. The van der Waals surface area contributed by atoms with Crippen molar-refractivity contribution < 1.29 is 18.0 Å². The molecule has 1 amide bonds. The summed E-state index contributed by atoms with van der Waals surface area (Å²) in [6, 6.07) is 10.4. The lowest BCUT2D eigenvalue weighted by molar-refractivity contribution is 0.0887. The molecule has 1 unspecified atom stereocenters. The molecule has 190 valence electrons. The molecule has 2 N–H and O–H groups in total. The van der Waals surface area contributed by atoms with Crippen molar-refractivity contribution in [3.63, 3.8) is 0 Å². The molecule has 2 aromatic heterocycles. The van der Waals surface area contributed by atoms with E-state index in [1.54, 1.807) is 30.5 Å². The van der Waals surface area contributed by atoms with Crippen molar-refractivity contribution in [3.8, 4) is 0 Å². The Morgan fingerprint density at radius 2 is 1.94 bits per heavy atom. The molecule has 0 spiro atoms. The summed E-state index contributed by atoms with van der Waals surface area (Å²) in [5.41, 5.74) is 1.51. The number of benzene rings is 1. The number of amides is 1. The number of halogens is 3. The summed E-state index contributed by atoms with van der Waals surface area (Å²) in [6.07, 6.45) is 1.91. The lowest BCUT2D eigenvalue weighted by Gasteiger charge is -2.37. The normalized spacial score (nSPS) is 19.3. The Bertz CT molecular complexity index is 1290. The highest BCUT2D eigenvalue weighted by Crippen LogP contribution is 2.31. The van der Waals surface area contributed by atoms with Gasteiger partial charge in [-0.15, -0.1) is 0 Å². The summed E-state index contributed by atoms with van der Waals surface area (Å²) in [6.45, 7) is 2.80. The van der Waals surface area contributed by atoms with Crippen LogP contribution >= 0.6 is 0 Å². The van der Waals surface area contributed by atoms with Crippen LogP contribution in [0.2, 0.25) is 0 Å². The monoisotopic (exact) mass is 499 g/mol. The molecule has 0 bridgehead atoms. The van der Waals surface area contributed by atoms with E-state index in [2.05, 4.69) is 25.1 Å². The Morgan fingerprint density at radius 3 is 2.67 bits per heavy atom. The minimum absolute atomic E-state index is 0.111. The predicted octanol–water partition coefficient (Wildman–Crippen LogP) is 3.52.